The lowest BCUT2D eigenvalue weighted by atomic mass is 9.87. The van der Waals surface area contributed by atoms with Crippen molar-refractivity contribution in [1.29, 1.82) is 0 Å². The molecule has 8 aromatic carbocycles. The maximum absolute atomic E-state index is 5.26. The fraction of sp³-hybridized carbons (Fsp3) is 0. The number of rotatable bonds is 6. The van der Waals surface area contributed by atoms with Crippen LogP contribution in [0.3, 0.4) is 0 Å². The number of aromatic nitrogens is 4. The third-order valence-electron chi connectivity index (χ3n) is 11.0. The lowest BCUT2D eigenvalue weighted by Gasteiger charge is -2.17. The van der Waals surface area contributed by atoms with E-state index in [1.54, 1.807) is 0 Å². The van der Waals surface area contributed by atoms with Crippen molar-refractivity contribution in [2.75, 3.05) is 0 Å². The second-order valence-electron chi connectivity index (χ2n) is 14.3. The van der Waals surface area contributed by atoms with E-state index in [4.69, 9.17) is 9.97 Å². The monoisotopic (exact) mass is 712 g/mol. The first-order chi connectivity index (χ1) is 27.7. The number of hydrogen-bond donors (Lipinski definition) is 0. The first-order valence-electron chi connectivity index (χ1n) is 18.8. The van der Waals surface area contributed by atoms with E-state index in [9.17, 15) is 0 Å². The molecule has 260 valence electrons. The molecule has 0 radical (unpaired) electrons. The van der Waals surface area contributed by atoms with Gasteiger partial charge in [0.05, 0.1) is 11.4 Å². The zero-order valence-corrected chi connectivity index (χ0v) is 30.3. The van der Waals surface area contributed by atoms with Crippen LogP contribution in [0.15, 0.2) is 195 Å². The largest absolute Gasteiger partial charge is 0.265 e. The van der Waals surface area contributed by atoms with Gasteiger partial charge in [-0.25, -0.2) is 9.97 Å². The summed E-state index contributed by atoms with van der Waals surface area (Å²) in [7, 11) is 0. The molecule has 11 rings (SSSR count). The zero-order chi connectivity index (χ0) is 37.0. The molecule has 0 aliphatic rings. The van der Waals surface area contributed by atoms with Crippen molar-refractivity contribution < 1.29 is 0 Å². The van der Waals surface area contributed by atoms with Crippen molar-refractivity contribution in [2.45, 2.75) is 0 Å². The Bertz CT molecular complexity index is 3220. The van der Waals surface area contributed by atoms with Gasteiger partial charge in [0.1, 0.15) is 0 Å². The van der Waals surface area contributed by atoms with E-state index in [-0.39, 0.29) is 0 Å². The van der Waals surface area contributed by atoms with E-state index in [2.05, 4.69) is 162 Å². The smallest absolute Gasteiger partial charge is 0.160 e. The van der Waals surface area contributed by atoms with Crippen LogP contribution in [0.2, 0.25) is 0 Å². The predicted octanol–water partition coefficient (Wildman–Crippen LogP) is 13.3. The van der Waals surface area contributed by atoms with E-state index < -0.39 is 0 Å². The van der Waals surface area contributed by atoms with Gasteiger partial charge >= 0.3 is 0 Å². The van der Waals surface area contributed by atoms with Gasteiger partial charge in [0.2, 0.25) is 0 Å². The number of fused-ring (bicyclic) bond motifs is 1. The van der Waals surface area contributed by atoms with Gasteiger partial charge in [0, 0.05) is 46.9 Å². The average Bonchev–Trinajstić information content (AvgIpc) is 3.28. The Labute approximate surface area is 323 Å². The standard InChI is InChI=1S/C52H32N4/c1-2-7-35(8-3-1)43-21-17-37-20-24-46-44(22-18-38-19-23-45(43)50(37)51(38)46)39-10-6-11-40(29-39)52-55-48(36-15-13-33(14-16-36)34-25-27-53-28-26-34)30-49(56-52)47-32-54-31-41-9-4-5-12-42(41)47/h1-32H. The van der Waals surface area contributed by atoms with E-state index >= 15 is 0 Å². The number of pyridine rings is 2. The van der Waals surface area contributed by atoms with Crippen molar-refractivity contribution in [1.82, 2.24) is 19.9 Å². The molecule has 0 N–H and O–H groups in total. The summed E-state index contributed by atoms with van der Waals surface area (Å²) in [4.78, 5) is 19.3. The van der Waals surface area contributed by atoms with Gasteiger partial charge in [-0.3, -0.25) is 9.97 Å². The third kappa shape index (κ3) is 5.39. The summed E-state index contributed by atoms with van der Waals surface area (Å²) in [6, 6.07) is 60.5. The molecule has 0 amide bonds. The molecular formula is C52H32N4. The highest BCUT2D eigenvalue weighted by Crippen LogP contribution is 2.43. The van der Waals surface area contributed by atoms with E-state index in [1.807, 2.05) is 43.0 Å². The molecule has 0 bridgehead atoms. The van der Waals surface area contributed by atoms with Crippen LogP contribution in [0.4, 0.5) is 0 Å². The van der Waals surface area contributed by atoms with Crippen molar-refractivity contribution in [3.05, 3.63) is 195 Å². The fourth-order valence-electron chi connectivity index (χ4n) is 8.31. The zero-order valence-electron chi connectivity index (χ0n) is 30.3. The molecule has 4 heteroatoms. The topological polar surface area (TPSA) is 51.6 Å². The summed E-state index contributed by atoms with van der Waals surface area (Å²) in [5.41, 5.74) is 11.6. The minimum atomic E-state index is 0.663. The van der Waals surface area contributed by atoms with Gasteiger partial charge < -0.3 is 0 Å². The lowest BCUT2D eigenvalue weighted by molar-refractivity contribution is 1.18. The average molecular weight is 713 g/mol. The number of benzene rings is 8. The van der Waals surface area contributed by atoms with E-state index in [0.29, 0.717) is 5.82 Å². The lowest BCUT2D eigenvalue weighted by Crippen LogP contribution is -1.97. The van der Waals surface area contributed by atoms with Gasteiger partial charge in [0.25, 0.3) is 0 Å². The second-order valence-corrected chi connectivity index (χ2v) is 14.3. The van der Waals surface area contributed by atoms with Crippen molar-refractivity contribution >= 4 is 43.1 Å². The van der Waals surface area contributed by atoms with Crippen molar-refractivity contribution in [3.8, 4) is 67.3 Å². The van der Waals surface area contributed by atoms with Gasteiger partial charge in [-0.05, 0) is 95.3 Å². The molecule has 56 heavy (non-hydrogen) atoms. The summed E-state index contributed by atoms with van der Waals surface area (Å²) in [6.07, 6.45) is 7.46. The van der Waals surface area contributed by atoms with E-state index in [0.717, 1.165) is 55.5 Å². The SMILES string of the molecule is c1ccc(-c2ccc3ccc4c(-c5cccc(-c6nc(-c7ccc(-c8ccncc8)cc7)cc(-c7cncc8ccccc78)n6)c5)ccc5ccc2c3c54)cc1. The Hall–Kier alpha value is -7.56. The highest BCUT2D eigenvalue weighted by molar-refractivity contribution is 6.27. The van der Waals surface area contributed by atoms with Crippen LogP contribution in [-0.4, -0.2) is 19.9 Å². The van der Waals surface area contributed by atoms with Crippen LogP contribution in [0.25, 0.3) is 110 Å². The van der Waals surface area contributed by atoms with Crippen LogP contribution >= 0.6 is 0 Å². The van der Waals surface area contributed by atoms with Gasteiger partial charge in [-0.2, -0.15) is 0 Å². The first-order valence-corrected chi connectivity index (χ1v) is 18.8. The molecule has 0 fully saturated rings. The fourth-order valence-corrected chi connectivity index (χ4v) is 8.31. The van der Waals surface area contributed by atoms with Crippen LogP contribution in [0.5, 0.6) is 0 Å². The van der Waals surface area contributed by atoms with Gasteiger partial charge in [-0.15, -0.1) is 0 Å². The summed E-state index contributed by atoms with van der Waals surface area (Å²) in [5.74, 6) is 0.663. The molecule has 0 atom stereocenters. The van der Waals surface area contributed by atoms with Crippen molar-refractivity contribution in [3.63, 3.8) is 0 Å². The number of nitrogens with zero attached hydrogens (tertiary/aromatic N) is 4. The molecule has 0 saturated carbocycles. The molecule has 0 spiro atoms. The molecule has 0 saturated heterocycles. The van der Waals surface area contributed by atoms with Crippen molar-refractivity contribution in [2.24, 2.45) is 0 Å². The number of hydrogen-bond acceptors (Lipinski definition) is 4. The third-order valence-corrected chi connectivity index (χ3v) is 11.0. The molecule has 0 aliphatic carbocycles. The predicted molar refractivity (Wildman–Crippen MR) is 231 cm³/mol. The quantitative estimate of drug-likeness (QED) is 0.161. The Morgan fingerprint density at radius 2 is 0.911 bits per heavy atom. The molecule has 3 aromatic heterocycles. The summed E-state index contributed by atoms with van der Waals surface area (Å²) in [5, 5.41) is 9.75. The Morgan fingerprint density at radius 1 is 0.304 bits per heavy atom. The molecular weight excluding hydrogens is 681 g/mol. The molecule has 0 aliphatic heterocycles. The molecule has 3 heterocycles. The Morgan fingerprint density at radius 3 is 1.68 bits per heavy atom. The van der Waals surface area contributed by atoms with Crippen LogP contribution in [-0.2, 0) is 0 Å². The summed E-state index contributed by atoms with van der Waals surface area (Å²) >= 11 is 0. The highest BCUT2D eigenvalue weighted by atomic mass is 14.9. The first kappa shape index (κ1) is 31.9. The Balaban J connectivity index is 1.07. The maximum atomic E-state index is 5.26. The summed E-state index contributed by atoms with van der Waals surface area (Å²) < 4.78 is 0. The second kappa shape index (κ2) is 13.1. The minimum Gasteiger partial charge on any atom is -0.265 e. The van der Waals surface area contributed by atoms with Crippen LogP contribution < -0.4 is 0 Å². The molecule has 4 nitrogen and oxygen atoms in total. The Kier molecular flexibility index (Phi) is 7.46. The highest BCUT2D eigenvalue weighted by Gasteiger charge is 2.17. The molecule has 11 aromatic rings. The van der Waals surface area contributed by atoms with E-state index in [1.165, 1.54) is 49.0 Å². The maximum Gasteiger partial charge on any atom is 0.160 e. The summed E-state index contributed by atoms with van der Waals surface area (Å²) in [6.45, 7) is 0. The van der Waals surface area contributed by atoms with Gasteiger partial charge in [-0.1, -0.05) is 146 Å². The normalized spacial score (nSPS) is 11.6. The molecule has 0 unspecified atom stereocenters. The van der Waals surface area contributed by atoms with Crippen LogP contribution in [0.1, 0.15) is 0 Å². The van der Waals surface area contributed by atoms with Crippen LogP contribution in [0, 0.1) is 0 Å². The van der Waals surface area contributed by atoms with Gasteiger partial charge in [0.15, 0.2) is 5.82 Å². The minimum absolute atomic E-state index is 0.663.